The number of nitrogens with two attached hydrogens (primary N) is 1. The molecule has 0 aliphatic heterocycles. The van der Waals surface area contributed by atoms with E-state index in [1.54, 1.807) is 0 Å². The molecule has 0 rings (SSSR count). The predicted molar refractivity (Wildman–Crippen MR) is 22.3 cm³/mol. The Labute approximate surface area is 35.6 Å². The zero-order valence-corrected chi connectivity index (χ0v) is 3.27. The SMILES string of the molecule is NCC=O.O.O. The van der Waals surface area contributed by atoms with E-state index in [1.165, 1.54) is 0 Å². The number of carbonyl (C=O) groups is 1. The number of hydrogen-bond donors (Lipinski definition) is 1. The van der Waals surface area contributed by atoms with Crippen LogP contribution in [0.3, 0.4) is 0 Å². The molecule has 0 amide bonds. The van der Waals surface area contributed by atoms with E-state index in [1.807, 2.05) is 0 Å². The zero-order valence-electron chi connectivity index (χ0n) is 3.27. The van der Waals surface area contributed by atoms with Crippen molar-refractivity contribution in [2.45, 2.75) is 0 Å². The van der Waals surface area contributed by atoms with Gasteiger partial charge in [-0.05, 0) is 0 Å². The van der Waals surface area contributed by atoms with Gasteiger partial charge in [-0.1, -0.05) is 0 Å². The summed E-state index contributed by atoms with van der Waals surface area (Å²) >= 11 is 0. The fourth-order valence-electron chi connectivity index (χ4n) is 0. The minimum Gasteiger partial charge on any atom is -0.412 e. The molecule has 0 saturated carbocycles. The van der Waals surface area contributed by atoms with Crippen LogP contribution < -0.4 is 5.73 Å². The summed E-state index contributed by atoms with van der Waals surface area (Å²) < 4.78 is 0. The highest BCUT2D eigenvalue weighted by molar-refractivity contribution is 5.51. The summed E-state index contributed by atoms with van der Waals surface area (Å²) in [5.41, 5.74) is 4.66. The van der Waals surface area contributed by atoms with E-state index in [2.05, 4.69) is 5.73 Å². The van der Waals surface area contributed by atoms with Crippen LogP contribution in [-0.2, 0) is 4.79 Å². The first kappa shape index (κ1) is 17.7. The normalized spacial score (nSPS) is 4.17. The highest BCUT2D eigenvalue weighted by Gasteiger charge is 1.51. The van der Waals surface area contributed by atoms with Crippen LogP contribution in [0.15, 0.2) is 0 Å². The second kappa shape index (κ2) is 23.9. The summed E-state index contributed by atoms with van der Waals surface area (Å²) in [6.07, 6.45) is 0.653. The summed E-state index contributed by atoms with van der Waals surface area (Å²) in [5, 5.41) is 0. The maximum absolute atomic E-state index is 9.05. The molecule has 6 heavy (non-hydrogen) atoms. The third-order valence-corrected chi connectivity index (χ3v) is 0.0962. The first-order chi connectivity index (χ1) is 1.91. The molecule has 0 aliphatic carbocycles. The Morgan fingerprint density at radius 3 is 1.67 bits per heavy atom. The molecule has 0 spiro atoms. The molecule has 0 aromatic carbocycles. The van der Waals surface area contributed by atoms with Gasteiger partial charge in [0.2, 0.25) is 0 Å². The van der Waals surface area contributed by atoms with Crippen LogP contribution in [0, 0.1) is 0 Å². The van der Waals surface area contributed by atoms with Crippen LogP contribution >= 0.6 is 0 Å². The Hall–Kier alpha value is -0.450. The lowest BCUT2D eigenvalue weighted by molar-refractivity contribution is -0.106. The van der Waals surface area contributed by atoms with Crippen molar-refractivity contribution >= 4 is 6.29 Å². The molecule has 4 nitrogen and oxygen atoms in total. The van der Waals surface area contributed by atoms with Gasteiger partial charge < -0.3 is 21.5 Å². The summed E-state index contributed by atoms with van der Waals surface area (Å²) in [5.74, 6) is 0. The minimum absolute atomic E-state index is 0. The molecule has 0 heterocycles. The van der Waals surface area contributed by atoms with Crippen molar-refractivity contribution in [2.75, 3.05) is 6.54 Å². The molecule has 0 atom stereocenters. The van der Waals surface area contributed by atoms with E-state index in [9.17, 15) is 0 Å². The van der Waals surface area contributed by atoms with Crippen molar-refractivity contribution in [3.63, 3.8) is 0 Å². The van der Waals surface area contributed by atoms with Gasteiger partial charge in [0.15, 0.2) is 0 Å². The maximum atomic E-state index is 9.05. The van der Waals surface area contributed by atoms with Crippen molar-refractivity contribution in [2.24, 2.45) is 5.73 Å². The lowest BCUT2D eigenvalue weighted by atomic mass is 10.8. The van der Waals surface area contributed by atoms with Gasteiger partial charge in [0.1, 0.15) is 6.29 Å². The minimum atomic E-state index is 0. The van der Waals surface area contributed by atoms with E-state index in [4.69, 9.17) is 4.79 Å². The number of rotatable bonds is 1. The second-order valence-electron chi connectivity index (χ2n) is 0.402. The summed E-state index contributed by atoms with van der Waals surface area (Å²) in [6.45, 7) is 0.139. The summed E-state index contributed by atoms with van der Waals surface area (Å²) in [6, 6.07) is 0. The Kier molecular flexibility index (Phi) is 70.3. The number of hydrogen-bond acceptors (Lipinski definition) is 2. The van der Waals surface area contributed by atoms with Crippen molar-refractivity contribution in [3.05, 3.63) is 0 Å². The van der Waals surface area contributed by atoms with E-state index < -0.39 is 0 Å². The topological polar surface area (TPSA) is 106 Å². The smallest absolute Gasteiger partial charge is 0.133 e. The van der Waals surface area contributed by atoms with E-state index in [-0.39, 0.29) is 17.5 Å². The lowest BCUT2D eigenvalue weighted by Gasteiger charge is -1.55. The van der Waals surface area contributed by atoms with Gasteiger partial charge in [-0.15, -0.1) is 0 Å². The fourth-order valence-corrected chi connectivity index (χ4v) is 0. The average molecular weight is 95.1 g/mol. The molecule has 0 aromatic rings. The van der Waals surface area contributed by atoms with Crippen LogP contribution in [0.2, 0.25) is 0 Å². The van der Waals surface area contributed by atoms with Crippen molar-refractivity contribution < 1.29 is 15.7 Å². The summed E-state index contributed by atoms with van der Waals surface area (Å²) in [4.78, 5) is 9.05. The quantitative estimate of drug-likeness (QED) is 0.363. The molecule has 0 aromatic heterocycles. The zero-order chi connectivity index (χ0) is 3.41. The molecule has 0 bridgehead atoms. The van der Waals surface area contributed by atoms with E-state index in [0.717, 1.165) is 0 Å². The Bertz CT molecular complexity index is 22.8. The van der Waals surface area contributed by atoms with Gasteiger partial charge in [0.05, 0.1) is 0 Å². The largest absolute Gasteiger partial charge is 0.412 e. The van der Waals surface area contributed by atoms with E-state index in [0.29, 0.717) is 6.29 Å². The van der Waals surface area contributed by atoms with Gasteiger partial charge in [-0.2, -0.15) is 0 Å². The van der Waals surface area contributed by atoms with Gasteiger partial charge in [-0.3, -0.25) is 0 Å². The predicted octanol–water partition coefficient (Wildman–Crippen LogP) is -2.51. The molecule has 0 aliphatic rings. The Morgan fingerprint density at radius 1 is 1.50 bits per heavy atom. The monoisotopic (exact) mass is 95.1 g/mol. The highest BCUT2D eigenvalue weighted by Crippen LogP contribution is 1.18. The molecular formula is C2H9NO3. The molecule has 0 unspecified atom stereocenters. The molecule has 6 N–H and O–H groups in total. The molecule has 4 heteroatoms. The van der Waals surface area contributed by atoms with Crippen LogP contribution in [0.25, 0.3) is 0 Å². The molecule has 0 radical (unpaired) electrons. The fraction of sp³-hybridized carbons (Fsp3) is 0.500. The highest BCUT2D eigenvalue weighted by atomic mass is 16.1. The third kappa shape index (κ3) is 76.3. The van der Waals surface area contributed by atoms with Crippen LogP contribution in [0.4, 0.5) is 0 Å². The molecule has 0 fully saturated rings. The van der Waals surface area contributed by atoms with Crippen LogP contribution in [0.1, 0.15) is 0 Å². The Morgan fingerprint density at radius 2 is 1.67 bits per heavy atom. The van der Waals surface area contributed by atoms with Gasteiger partial charge >= 0.3 is 0 Å². The number of carbonyl (C=O) groups excluding carboxylic acids is 1. The van der Waals surface area contributed by atoms with Crippen molar-refractivity contribution in [1.82, 2.24) is 0 Å². The number of aldehydes is 1. The van der Waals surface area contributed by atoms with Crippen LogP contribution in [-0.4, -0.2) is 23.8 Å². The molecular weight excluding hydrogens is 86.0 g/mol. The van der Waals surface area contributed by atoms with Gasteiger partial charge in [0.25, 0.3) is 0 Å². The molecule has 0 saturated heterocycles. The van der Waals surface area contributed by atoms with Crippen LogP contribution in [0.5, 0.6) is 0 Å². The van der Waals surface area contributed by atoms with Gasteiger partial charge in [0, 0.05) is 6.54 Å². The Balaban J connectivity index is -0.0000000450. The second-order valence-corrected chi connectivity index (χ2v) is 0.402. The standard InChI is InChI=1S/C2H5NO.2H2O/c3-1-2-4;;/h2H,1,3H2;2*1H2. The van der Waals surface area contributed by atoms with Crippen molar-refractivity contribution in [1.29, 1.82) is 0 Å². The maximum Gasteiger partial charge on any atom is 0.133 e. The molecule has 40 valence electrons. The third-order valence-electron chi connectivity index (χ3n) is 0.0962. The first-order valence-corrected chi connectivity index (χ1v) is 1.05. The summed E-state index contributed by atoms with van der Waals surface area (Å²) in [7, 11) is 0. The van der Waals surface area contributed by atoms with Crippen molar-refractivity contribution in [3.8, 4) is 0 Å². The lowest BCUT2D eigenvalue weighted by Crippen LogP contribution is -1.97. The average Bonchev–Trinajstić information content (AvgIpc) is 1.37. The van der Waals surface area contributed by atoms with Gasteiger partial charge in [-0.25, -0.2) is 0 Å². The first-order valence-electron chi connectivity index (χ1n) is 1.05. The van der Waals surface area contributed by atoms with E-state index >= 15 is 0 Å².